The van der Waals surface area contributed by atoms with Gasteiger partial charge < -0.3 is 9.47 Å². The lowest BCUT2D eigenvalue weighted by molar-refractivity contribution is -0.101. The molecule has 3 rings (SSSR count). The van der Waals surface area contributed by atoms with Crippen LogP contribution in [0, 0.1) is 0 Å². The molecule has 0 atom stereocenters. The molecule has 0 bridgehead atoms. The number of hydrogen-bond acceptors (Lipinski definition) is 5. The van der Waals surface area contributed by atoms with E-state index in [2.05, 4.69) is 26.9 Å². The Morgan fingerprint density at radius 1 is 1.27 bits per heavy atom. The summed E-state index contributed by atoms with van der Waals surface area (Å²) in [7, 11) is 1.78. The summed E-state index contributed by atoms with van der Waals surface area (Å²) in [5, 5.41) is 0. The van der Waals surface area contributed by atoms with Gasteiger partial charge in [-0.25, -0.2) is 0 Å². The highest BCUT2D eigenvalue weighted by Crippen LogP contribution is 2.32. The Morgan fingerprint density at radius 2 is 2.14 bits per heavy atom. The molecule has 1 aromatic rings. The minimum atomic E-state index is 0.220. The summed E-state index contributed by atoms with van der Waals surface area (Å²) in [5.74, 6) is 0. The number of hydrogen-bond donors (Lipinski definition) is 0. The fourth-order valence-electron chi connectivity index (χ4n) is 3.62. The molecule has 2 fully saturated rings. The normalized spacial score (nSPS) is 23.0. The van der Waals surface area contributed by atoms with Gasteiger partial charge in [0.25, 0.3) is 0 Å². The Balaban J connectivity index is 1.56. The highest BCUT2D eigenvalue weighted by Gasteiger charge is 2.41. The van der Waals surface area contributed by atoms with Gasteiger partial charge in [-0.1, -0.05) is 6.07 Å². The zero-order valence-corrected chi connectivity index (χ0v) is 13.5. The molecule has 2 saturated heterocycles. The predicted octanol–water partition coefficient (Wildman–Crippen LogP) is 1.39. The lowest BCUT2D eigenvalue weighted by atomic mass is 9.85. The Morgan fingerprint density at radius 3 is 2.86 bits per heavy atom. The number of nitrogens with zero attached hydrogens (tertiary/aromatic N) is 3. The quantitative estimate of drug-likeness (QED) is 0.822. The summed E-state index contributed by atoms with van der Waals surface area (Å²) >= 11 is 0. The summed E-state index contributed by atoms with van der Waals surface area (Å²) in [6, 6.07) is 6.15. The lowest BCUT2D eigenvalue weighted by Gasteiger charge is -2.51. The van der Waals surface area contributed by atoms with Gasteiger partial charge >= 0.3 is 0 Å². The van der Waals surface area contributed by atoms with Gasteiger partial charge in [-0.05, 0) is 25.0 Å². The maximum atomic E-state index is 5.81. The second kappa shape index (κ2) is 7.51. The average molecular weight is 305 g/mol. The molecule has 0 N–H and O–H groups in total. The van der Waals surface area contributed by atoms with Crippen molar-refractivity contribution in [1.82, 2.24) is 14.8 Å². The van der Waals surface area contributed by atoms with E-state index in [-0.39, 0.29) is 5.54 Å². The third-order valence-electron chi connectivity index (χ3n) is 5.01. The van der Waals surface area contributed by atoms with E-state index >= 15 is 0 Å². The molecular formula is C17H27N3O2. The molecular weight excluding hydrogens is 278 g/mol. The van der Waals surface area contributed by atoms with Crippen LogP contribution in [-0.4, -0.2) is 73.4 Å². The number of pyridine rings is 1. The molecule has 0 radical (unpaired) electrons. The summed E-state index contributed by atoms with van der Waals surface area (Å²) in [4.78, 5) is 9.54. The first-order chi connectivity index (χ1) is 10.8. The number of likely N-dealkylation sites (tertiary alicyclic amines) is 1. The third kappa shape index (κ3) is 3.66. The van der Waals surface area contributed by atoms with Crippen molar-refractivity contribution >= 4 is 0 Å². The zero-order chi connectivity index (χ0) is 15.3. The van der Waals surface area contributed by atoms with Crippen molar-refractivity contribution in [2.45, 2.75) is 24.9 Å². The summed E-state index contributed by atoms with van der Waals surface area (Å²) in [6.45, 7) is 7.75. The van der Waals surface area contributed by atoms with Crippen molar-refractivity contribution in [1.29, 1.82) is 0 Å². The van der Waals surface area contributed by atoms with Crippen LogP contribution in [-0.2, 0) is 16.0 Å². The number of rotatable bonds is 5. The molecule has 0 amide bonds. The third-order valence-corrected chi connectivity index (χ3v) is 5.01. The molecule has 5 nitrogen and oxygen atoms in total. The number of morpholine rings is 1. The molecule has 122 valence electrons. The number of methoxy groups -OCH3 is 1. The molecule has 0 aliphatic carbocycles. The predicted molar refractivity (Wildman–Crippen MR) is 85.7 cm³/mol. The van der Waals surface area contributed by atoms with Gasteiger partial charge in [-0.2, -0.15) is 0 Å². The topological polar surface area (TPSA) is 37.8 Å². The first kappa shape index (κ1) is 15.9. The minimum absolute atomic E-state index is 0.220. The molecule has 0 aromatic carbocycles. The molecule has 2 aliphatic rings. The van der Waals surface area contributed by atoms with Crippen LogP contribution in [0.25, 0.3) is 0 Å². The van der Waals surface area contributed by atoms with Gasteiger partial charge in [-0.15, -0.1) is 0 Å². The first-order valence-electron chi connectivity index (χ1n) is 8.26. The van der Waals surface area contributed by atoms with E-state index in [1.165, 1.54) is 12.8 Å². The van der Waals surface area contributed by atoms with Crippen LogP contribution in [0.4, 0.5) is 0 Å². The lowest BCUT2D eigenvalue weighted by Crippen LogP contribution is -2.61. The smallest absolute Gasteiger partial charge is 0.0652 e. The summed E-state index contributed by atoms with van der Waals surface area (Å²) in [5.41, 5.74) is 1.38. The largest absolute Gasteiger partial charge is 0.383 e. The molecule has 1 spiro atoms. The first-order valence-corrected chi connectivity index (χ1v) is 8.26. The second-order valence-electron chi connectivity index (χ2n) is 6.35. The van der Waals surface area contributed by atoms with Crippen LogP contribution in [0.15, 0.2) is 24.4 Å². The number of ether oxygens (including phenoxy) is 2. The maximum Gasteiger partial charge on any atom is 0.0652 e. The van der Waals surface area contributed by atoms with Crippen molar-refractivity contribution in [2.24, 2.45) is 0 Å². The van der Waals surface area contributed by atoms with Crippen LogP contribution in [0.1, 0.15) is 18.5 Å². The fraction of sp³-hybridized carbons (Fsp3) is 0.706. The highest BCUT2D eigenvalue weighted by atomic mass is 16.5. The van der Waals surface area contributed by atoms with Gasteiger partial charge in [0.2, 0.25) is 0 Å². The Labute approximate surface area is 133 Å². The van der Waals surface area contributed by atoms with Crippen molar-refractivity contribution < 1.29 is 9.47 Å². The Bertz CT molecular complexity index is 446. The van der Waals surface area contributed by atoms with Gasteiger partial charge in [0.1, 0.15) is 0 Å². The van der Waals surface area contributed by atoms with Gasteiger partial charge in [-0.3, -0.25) is 14.8 Å². The number of piperidine rings is 1. The van der Waals surface area contributed by atoms with Crippen molar-refractivity contribution in [3.8, 4) is 0 Å². The van der Waals surface area contributed by atoms with Crippen LogP contribution >= 0.6 is 0 Å². The van der Waals surface area contributed by atoms with Crippen LogP contribution in [0.3, 0.4) is 0 Å². The summed E-state index contributed by atoms with van der Waals surface area (Å²) in [6.07, 6.45) is 4.22. The second-order valence-corrected chi connectivity index (χ2v) is 6.35. The van der Waals surface area contributed by atoms with E-state index in [0.29, 0.717) is 0 Å². The van der Waals surface area contributed by atoms with Gasteiger partial charge in [0, 0.05) is 51.6 Å². The van der Waals surface area contributed by atoms with E-state index in [1.54, 1.807) is 7.11 Å². The van der Waals surface area contributed by atoms with Crippen molar-refractivity contribution in [3.63, 3.8) is 0 Å². The summed E-state index contributed by atoms with van der Waals surface area (Å²) < 4.78 is 11.1. The van der Waals surface area contributed by atoms with Crippen LogP contribution in [0.2, 0.25) is 0 Å². The molecule has 1 aromatic heterocycles. The molecule has 0 unspecified atom stereocenters. The standard InChI is InChI=1S/C17H27N3O2/c1-21-12-10-20-11-13-22-15-17(20)5-8-19(9-6-17)14-16-4-2-3-7-18-16/h2-4,7H,5-6,8-15H2,1H3. The molecule has 3 heterocycles. The molecule has 0 saturated carbocycles. The minimum Gasteiger partial charge on any atom is -0.383 e. The van der Waals surface area contributed by atoms with Crippen molar-refractivity contribution in [2.75, 3.05) is 53.1 Å². The van der Waals surface area contributed by atoms with E-state index in [1.807, 2.05) is 12.3 Å². The van der Waals surface area contributed by atoms with E-state index in [9.17, 15) is 0 Å². The van der Waals surface area contributed by atoms with Crippen LogP contribution in [0.5, 0.6) is 0 Å². The SMILES string of the molecule is COCCN1CCOCC12CCN(Cc1ccccn1)CC2. The van der Waals surface area contributed by atoms with Crippen molar-refractivity contribution in [3.05, 3.63) is 30.1 Å². The van der Waals surface area contributed by atoms with E-state index < -0.39 is 0 Å². The molecule has 22 heavy (non-hydrogen) atoms. The molecule has 5 heteroatoms. The molecule has 2 aliphatic heterocycles. The Kier molecular flexibility index (Phi) is 5.41. The van der Waals surface area contributed by atoms with E-state index in [4.69, 9.17) is 9.47 Å². The monoisotopic (exact) mass is 305 g/mol. The Hall–Kier alpha value is -1.01. The average Bonchev–Trinajstić information content (AvgIpc) is 2.57. The fourth-order valence-corrected chi connectivity index (χ4v) is 3.62. The zero-order valence-electron chi connectivity index (χ0n) is 13.5. The number of aromatic nitrogens is 1. The highest BCUT2D eigenvalue weighted by molar-refractivity contribution is 5.04. The van der Waals surface area contributed by atoms with Gasteiger partial charge in [0.15, 0.2) is 0 Å². The van der Waals surface area contributed by atoms with E-state index in [0.717, 1.165) is 58.2 Å². The van der Waals surface area contributed by atoms with Gasteiger partial charge in [0.05, 0.1) is 25.5 Å². The van der Waals surface area contributed by atoms with Crippen LogP contribution < -0.4 is 0 Å². The maximum absolute atomic E-state index is 5.81.